The quantitative estimate of drug-likeness (QED) is 0.629. The number of hydrogen-bond acceptors (Lipinski definition) is 3. The van der Waals surface area contributed by atoms with Crippen LogP contribution in [0, 0.1) is 0 Å². The number of rotatable bonds is 6. The Bertz CT molecular complexity index is 803. The van der Waals surface area contributed by atoms with Gasteiger partial charge in [-0.1, -0.05) is 36.4 Å². The van der Waals surface area contributed by atoms with Gasteiger partial charge in [-0.15, -0.1) is 11.3 Å². The number of ether oxygens (including phenoxy) is 1. The Labute approximate surface area is 153 Å². The smallest absolute Gasteiger partial charge is 0.251 e. The Hall–Kier alpha value is -2.11. The standard InChI is InChI=1S/C19H16BrNO2S/c20-17-11-15(19(22)21-12-16-7-4-10-24-16)8-9-18(17)23-13-14-5-2-1-3-6-14/h1-11H,12-13H2,(H,21,22). The van der Waals surface area contributed by atoms with Crippen LogP contribution in [0.15, 0.2) is 70.5 Å². The first-order valence-electron chi connectivity index (χ1n) is 7.49. The molecule has 24 heavy (non-hydrogen) atoms. The second-order valence-electron chi connectivity index (χ2n) is 5.18. The highest BCUT2D eigenvalue weighted by Crippen LogP contribution is 2.27. The summed E-state index contributed by atoms with van der Waals surface area (Å²) in [6.45, 7) is 1.03. The zero-order valence-corrected chi connectivity index (χ0v) is 15.3. The first-order valence-corrected chi connectivity index (χ1v) is 9.16. The maximum Gasteiger partial charge on any atom is 0.251 e. The van der Waals surface area contributed by atoms with Crippen molar-refractivity contribution in [2.75, 3.05) is 0 Å². The van der Waals surface area contributed by atoms with Crippen LogP contribution in [0.3, 0.4) is 0 Å². The van der Waals surface area contributed by atoms with Gasteiger partial charge in [0.1, 0.15) is 12.4 Å². The zero-order chi connectivity index (χ0) is 16.8. The van der Waals surface area contributed by atoms with Crippen LogP contribution < -0.4 is 10.1 Å². The van der Waals surface area contributed by atoms with E-state index in [2.05, 4.69) is 21.2 Å². The van der Waals surface area contributed by atoms with Crippen LogP contribution in [0.5, 0.6) is 5.75 Å². The van der Waals surface area contributed by atoms with Crippen molar-refractivity contribution in [3.8, 4) is 5.75 Å². The van der Waals surface area contributed by atoms with E-state index in [1.165, 1.54) is 0 Å². The van der Waals surface area contributed by atoms with Crippen molar-refractivity contribution in [1.82, 2.24) is 5.32 Å². The average molecular weight is 402 g/mol. The van der Waals surface area contributed by atoms with E-state index in [-0.39, 0.29) is 5.91 Å². The second kappa shape index (κ2) is 8.13. The van der Waals surface area contributed by atoms with E-state index >= 15 is 0 Å². The van der Waals surface area contributed by atoms with Gasteiger partial charge in [0.15, 0.2) is 0 Å². The highest BCUT2D eigenvalue weighted by atomic mass is 79.9. The zero-order valence-electron chi connectivity index (χ0n) is 12.9. The van der Waals surface area contributed by atoms with Crippen molar-refractivity contribution in [2.45, 2.75) is 13.2 Å². The molecular weight excluding hydrogens is 386 g/mol. The topological polar surface area (TPSA) is 38.3 Å². The third-order valence-corrected chi connectivity index (χ3v) is 4.93. The summed E-state index contributed by atoms with van der Waals surface area (Å²) in [4.78, 5) is 13.3. The minimum absolute atomic E-state index is 0.0984. The Balaban J connectivity index is 1.60. The van der Waals surface area contributed by atoms with Gasteiger partial charge in [-0.25, -0.2) is 0 Å². The number of carbonyl (C=O) groups is 1. The molecule has 0 atom stereocenters. The SMILES string of the molecule is O=C(NCc1cccs1)c1ccc(OCc2ccccc2)c(Br)c1. The normalized spacial score (nSPS) is 10.4. The summed E-state index contributed by atoms with van der Waals surface area (Å²) in [5.74, 6) is 0.618. The van der Waals surface area contributed by atoms with E-state index in [4.69, 9.17) is 4.74 Å². The van der Waals surface area contributed by atoms with Crippen molar-refractivity contribution in [1.29, 1.82) is 0 Å². The first-order chi connectivity index (χ1) is 11.7. The predicted octanol–water partition coefficient (Wildman–Crippen LogP) is 5.02. The summed E-state index contributed by atoms with van der Waals surface area (Å²) in [5.41, 5.74) is 1.70. The summed E-state index contributed by atoms with van der Waals surface area (Å²) in [5, 5.41) is 4.91. The predicted molar refractivity (Wildman–Crippen MR) is 100 cm³/mol. The lowest BCUT2D eigenvalue weighted by Gasteiger charge is -2.10. The molecule has 3 nitrogen and oxygen atoms in total. The summed E-state index contributed by atoms with van der Waals surface area (Å²) < 4.78 is 6.57. The Morgan fingerprint density at radius 3 is 2.62 bits per heavy atom. The molecule has 0 aliphatic heterocycles. The molecular formula is C19H16BrNO2S. The monoisotopic (exact) mass is 401 g/mol. The molecule has 0 saturated heterocycles. The molecule has 0 unspecified atom stereocenters. The molecule has 1 heterocycles. The molecule has 5 heteroatoms. The van der Waals surface area contributed by atoms with E-state index in [0.29, 0.717) is 24.5 Å². The Morgan fingerprint density at radius 2 is 1.92 bits per heavy atom. The van der Waals surface area contributed by atoms with Gasteiger partial charge in [0.05, 0.1) is 11.0 Å². The maximum absolute atomic E-state index is 12.2. The molecule has 0 fully saturated rings. The number of nitrogens with one attached hydrogen (secondary N) is 1. The fraction of sp³-hybridized carbons (Fsp3) is 0.105. The minimum atomic E-state index is -0.0984. The van der Waals surface area contributed by atoms with Gasteiger partial charge in [-0.05, 0) is 51.1 Å². The van der Waals surface area contributed by atoms with E-state index in [0.717, 1.165) is 14.9 Å². The molecule has 3 aromatic rings. The van der Waals surface area contributed by atoms with Crippen LogP contribution in [0.2, 0.25) is 0 Å². The van der Waals surface area contributed by atoms with Crippen LogP contribution in [-0.4, -0.2) is 5.91 Å². The van der Waals surface area contributed by atoms with Gasteiger partial charge < -0.3 is 10.1 Å². The fourth-order valence-corrected chi connectivity index (χ4v) is 3.31. The summed E-state index contributed by atoms with van der Waals surface area (Å²) in [6.07, 6.45) is 0. The number of hydrogen-bond donors (Lipinski definition) is 1. The maximum atomic E-state index is 12.2. The van der Waals surface area contributed by atoms with Gasteiger partial charge in [-0.3, -0.25) is 4.79 Å². The van der Waals surface area contributed by atoms with Crippen molar-refractivity contribution in [3.05, 3.63) is 86.5 Å². The summed E-state index contributed by atoms with van der Waals surface area (Å²) in [6, 6.07) is 19.3. The van der Waals surface area contributed by atoms with Gasteiger partial charge in [0.25, 0.3) is 5.91 Å². The minimum Gasteiger partial charge on any atom is -0.488 e. The van der Waals surface area contributed by atoms with Gasteiger partial charge in [0.2, 0.25) is 0 Å². The largest absolute Gasteiger partial charge is 0.488 e. The lowest BCUT2D eigenvalue weighted by atomic mass is 10.2. The number of halogens is 1. The molecule has 0 bridgehead atoms. The third-order valence-electron chi connectivity index (χ3n) is 3.43. The van der Waals surface area contributed by atoms with E-state index in [1.807, 2.05) is 53.9 Å². The highest BCUT2D eigenvalue weighted by molar-refractivity contribution is 9.10. The summed E-state index contributed by atoms with van der Waals surface area (Å²) in [7, 11) is 0. The molecule has 0 aliphatic rings. The number of amides is 1. The number of carbonyl (C=O) groups excluding carboxylic acids is 1. The van der Waals surface area contributed by atoms with Crippen LogP contribution in [0.1, 0.15) is 20.8 Å². The molecule has 1 aromatic heterocycles. The first kappa shape index (κ1) is 16.7. The molecule has 0 spiro atoms. The van der Waals surface area contributed by atoms with Gasteiger partial charge in [0, 0.05) is 10.4 Å². The molecule has 1 N–H and O–H groups in total. The number of thiophene rings is 1. The molecule has 0 aliphatic carbocycles. The van der Waals surface area contributed by atoms with E-state index < -0.39 is 0 Å². The Kier molecular flexibility index (Phi) is 5.67. The second-order valence-corrected chi connectivity index (χ2v) is 7.07. The molecule has 1 amide bonds. The van der Waals surface area contributed by atoms with Gasteiger partial charge >= 0.3 is 0 Å². The fourth-order valence-electron chi connectivity index (χ4n) is 2.18. The molecule has 2 aromatic carbocycles. The molecule has 0 radical (unpaired) electrons. The third kappa shape index (κ3) is 4.46. The van der Waals surface area contributed by atoms with Crippen LogP contribution in [-0.2, 0) is 13.2 Å². The number of benzene rings is 2. The van der Waals surface area contributed by atoms with Crippen LogP contribution in [0.25, 0.3) is 0 Å². The van der Waals surface area contributed by atoms with Crippen molar-refractivity contribution >= 4 is 33.2 Å². The summed E-state index contributed by atoms with van der Waals surface area (Å²) >= 11 is 5.10. The van der Waals surface area contributed by atoms with Crippen molar-refractivity contribution in [3.63, 3.8) is 0 Å². The van der Waals surface area contributed by atoms with Crippen LogP contribution in [0.4, 0.5) is 0 Å². The molecule has 122 valence electrons. The van der Waals surface area contributed by atoms with E-state index in [9.17, 15) is 4.79 Å². The van der Waals surface area contributed by atoms with Crippen molar-refractivity contribution in [2.24, 2.45) is 0 Å². The van der Waals surface area contributed by atoms with Gasteiger partial charge in [-0.2, -0.15) is 0 Å². The molecule has 0 saturated carbocycles. The van der Waals surface area contributed by atoms with Crippen LogP contribution >= 0.6 is 27.3 Å². The lowest BCUT2D eigenvalue weighted by molar-refractivity contribution is 0.0951. The Morgan fingerprint density at radius 1 is 1.08 bits per heavy atom. The van der Waals surface area contributed by atoms with Crippen molar-refractivity contribution < 1.29 is 9.53 Å². The average Bonchev–Trinajstić information content (AvgIpc) is 3.13. The lowest BCUT2D eigenvalue weighted by Crippen LogP contribution is -2.22. The van der Waals surface area contributed by atoms with E-state index in [1.54, 1.807) is 23.5 Å². The highest BCUT2D eigenvalue weighted by Gasteiger charge is 2.09. The molecule has 3 rings (SSSR count).